The van der Waals surface area contributed by atoms with Crippen molar-refractivity contribution in [3.05, 3.63) is 71.8 Å². The van der Waals surface area contributed by atoms with E-state index in [0.717, 1.165) is 36.0 Å². The normalized spacial score (nSPS) is 15.8. The summed E-state index contributed by atoms with van der Waals surface area (Å²) in [7, 11) is 0. The van der Waals surface area contributed by atoms with Crippen LogP contribution >= 0.6 is 0 Å². The molecule has 174 valence electrons. The predicted molar refractivity (Wildman–Crippen MR) is 118 cm³/mol. The van der Waals surface area contributed by atoms with Crippen molar-refractivity contribution >= 4 is 16.7 Å². The lowest BCUT2D eigenvalue weighted by atomic mass is 9.92. The summed E-state index contributed by atoms with van der Waals surface area (Å²) in [5.41, 5.74) is -0.240. The second kappa shape index (κ2) is 9.39. The van der Waals surface area contributed by atoms with Crippen LogP contribution in [0.2, 0.25) is 0 Å². The highest BCUT2D eigenvalue weighted by molar-refractivity contribution is 6.00. The Kier molecular flexibility index (Phi) is 6.56. The average Bonchev–Trinajstić information content (AvgIpc) is 2.75. The molecular weight excluding hydrogens is 436 g/mol. The number of hydrogen-bond donors (Lipinski definition) is 1. The van der Waals surface area contributed by atoms with Gasteiger partial charge in [-0.05, 0) is 60.8 Å². The van der Waals surface area contributed by atoms with Gasteiger partial charge < -0.3 is 10.1 Å². The van der Waals surface area contributed by atoms with Crippen molar-refractivity contribution in [2.75, 3.05) is 26.3 Å². The van der Waals surface area contributed by atoms with Crippen LogP contribution in [0.25, 0.3) is 10.8 Å². The molecule has 1 saturated heterocycles. The predicted octanol–water partition coefficient (Wildman–Crippen LogP) is 5.67. The number of amides is 1. The minimum atomic E-state index is -4.40. The number of nitrogens with one attached hydrogen (secondary N) is 1. The van der Waals surface area contributed by atoms with Crippen molar-refractivity contribution in [3.63, 3.8) is 0 Å². The van der Waals surface area contributed by atoms with Gasteiger partial charge in [-0.25, -0.2) is 4.39 Å². The Morgan fingerprint density at radius 2 is 1.85 bits per heavy atom. The number of ether oxygens (including phenoxy) is 1. The molecule has 8 heteroatoms. The van der Waals surface area contributed by atoms with Gasteiger partial charge in [-0.15, -0.1) is 0 Å². The molecule has 1 N–H and O–H groups in total. The second-order valence-corrected chi connectivity index (χ2v) is 8.29. The molecule has 3 aromatic carbocycles. The van der Waals surface area contributed by atoms with Gasteiger partial charge in [0.25, 0.3) is 5.91 Å². The molecule has 0 spiro atoms. The zero-order valence-electron chi connectivity index (χ0n) is 18.0. The monoisotopic (exact) mass is 460 g/mol. The van der Waals surface area contributed by atoms with Crippen LogP contribution in [-0.4, -0.2) is 43.2 Å². The highest BCUT2D eigenvalue weighted by Gasteiger charge is 2.32. The number of halogens is 4. The fourth-order valence-corrected chi connectivity index (χ4v) is 3.96. The van der Waals surface area contributed by atoms with E-state index in [4.69, 9.17) is 4.74 Å². The Morgan fingerprint density at radius 1 is 1.12 bits per heavy atom. The van der Waals surface area contributed by atoms with Crippen LogP contribution in [0.15, 0.2) is 60.7 Å². The van der Waals surface area contributed by atoms with Crippen molar-refractivity contribution in [1.82, 2.24) is 10.2 Å². The van der Waals surface area contributed by atoms with Crippen LogP contribution in [0.4, 0.5) is 17.6 Å². The smallest absolute Gasteiger partial charge is 0.416 e. The summed E-state index contributed by atoms with van der Waals surface area (Å²) < 4.78 is 56.5. The van der Waals surface area contributed by atoms with Gasteiger partial charge in [-0.3, -0.25) is 9.69 Å². The second-order valence-electron chi connectivity index (χ2n) is 8.29. The van der Waals surface area contributed by atoms with E-state index in [0.29, 0.717) is 23.8 Å². The maximum absolute atomic E-state index is 12.8. The summed E-state index contributed by atoms with van der Waals surface area (Å²) >= 11 is 0. The first-order valence-corrected chi connectivity index (χ1v) is 10.7. The van der Waals surface area contributed by atoms with Gasteiger partial charge in [-0.1, -0.05) is 12.1 Å². The highest BCUT2D eigenvalue weighted by atomic mass is 19.4. The number of rotatable bonds is 7. The van der Waals surface area contributed by atoms with E-state index in [1.165, 1.54) is 12.1 Å². The number of nitrogens with zero attached hydrogens (tertiary/aromatic N) is 1. The van der Waals surface area contributed by atoms with E-state index in [1.54, 1.807) is 30.3 Å². The van der Waals surface area contributed by atoms with Gasteiger partial charge >= 0.3 is 6.18 Å². The van der Waals surface area contributed by atoms with Crippen LogP contribution in [0.5, 0.6) is 11.5 Å². The third-order valence-electron chi connectivity index (χ3n) is 5.96. The molecule has 1 aliphatic heterocycles. The Morgan fingerprint density at radius 3 is 2.52 bits per heavy atom. The minimum absolute atomic E-state index is 0.0293. The summed E-state index contributed by atoms with van der Waals surface area (Å²) in [5, 5.41) is 4.53. The van der Waals surface area contributed by atoms with Gasteiger partial charge in [-0.2, -0.15) is 13.2 Å². The van der Waals surface area contributed by atoms with Crippen molar-refractivity contribution in [2.24, 2.45) is 5.92 Å². The number of alkyl halides is 4. The molecule has 1 fully saturated rings. The lowest BCUT2D eigenvalue weighted by Gasteiger charge is -2.42. The Balaban J connectivity index is 1.45. The Hall–Kier alpha value is -3.13. The van der Waals surface area contributed by atoms with E-state index in [-0.39, 0.29) is 24.4 Å². The first kappa shape index (κ1) is 23.0. The van der Waals surface area contributed by atoms with E-state index in [9.17, 15) is 22.4 Å². The van der Waals surface area contributed by atoms with Crippen LogP contribution in [0.1, 0.15) is 22.8 Å². The number of hydrogen-bond acceptors (Lipinski definition) is 3. The molecule has 1 unspecified atom stereocenters. The number of likely N-dealkylation sites (tertiary alicyclic amines) is 1. The third kappa shape index (κ3) is 5.27. The van der Waals surface area contributed by atoms with Crippen LogP contribution < -0.4 is 10.1 Å². The Bertz CT molecular complexity index is 1130. The summed E-state index contributed by atoms with van der Waals surface area (Å²) in [6.07, 6.45) is -4.40. The maximum Gasteiger partial charge on any atom is 0.416 e. The van der Waals surface area contributed by atoms with Crippen molar-refractivity contribution in [2.45, 2.75) is 19.1 Å². The summed E-state index contributed by atoms with van der Waals surface area (Å²) in [6, 6.07) is 15.0. The third-order valence-corrected chi connectivity index (χ3v) is 5.96. The quantitative estimate of drug-likeness (QED) is 0.462. The lowest BCUT2D eigenvalue weighted by Crippen LogP contribution is -2.56. The standard InChI is InChI=1S/C25H24F4N2O2/c1-16(19-14-31(15-19)12-11-26)30-24(32)18-5-10-22-17(13-18)3-2-4-23(22)33-21-8-6-20(7-9-21)25(27,28)29/h2-10,13,16,19H,11-12,14-15H2,1H3,(H,30,32). The highest BCUT2D eigenvalue weighted by Crippen LogP contribution is 2.34. The number of carbonyl (C=O) groups excluding carboxylic acids is 1. The molecule has 1 atom stereocenters. The fraction of sp³-hybridized carbons (Fsp3) is 0.320. The number of benzene rings is 3. The number of carbonyl (C=O) groups is 1. The molecule has 0 saturated carbocycles. The SMILES string of the molecule is CC(NC(=O)c1ccc2c(Oc3ccc(C(F)(F)F)cc3)cccc2c1)C1CN(CCF)C1. The zero-order valence-corrected chi connectivity index (χ0v) is 18.0. The maximum atomic E-state index is 12.8. The summed E-state index contributed by atoms with van der Waals surface area (Å²) in [4.78, 5) is 14.7. The minimum Gasteiger partial charge on any atom is -0.457 e. The van der Waals surface area contributed by atoms with Crippen molar-refractivity contribution in [3.8, 4) is 11.5 Å². The van der Waals surface area contributed by atoms with Gasteiger partial charge in [0.1, 0.15) is 18.2 Å². The molecule has 1 heterocycles. The molecule has 33 heavy (non-hydrogen) atoms. The summed E-state index contributed by atoms with van der Waals surface area (Å²) in [5.74, 6) is 0.871. The molecule has 1 aliphatic rings. The lowest BCUT2D eigenvalue weighted by molar-refractivity contribution is -0.137. The van der Waals surface area contributed by atoms with E-state index in [2.05, 4.69) is 5.32 Å². The van der Waals surface area contributed by atoms with E-state index in [1.807, 2.05) is 17.9 Å². The van der Waals surface area contributed by atoms with E-state index >= 15 is 0 Å². The van der Waals surface area contributed by atoms with Crippen molar-refractivity contribution in [1.29, 1.82) is 0 Å². The average molecular weight is 460 g/mol. The zero-order chi connectivity index (χ0) is 23.6. The molecule has 4 nitrogen and oxygen atoms in total. The first-order valence-electron chi connectivity index (χ1n) is 10.7. The first-order chi connectivity index (χ1) is 15.7. The van der Waals surface area contributed by atoms with E-state index < -0.39 is 11.7 Å². The number of fused-ring (bicyclic) bond motifs is 1. The van der Waals surface area contributed by atoms with Crippen LogP contribution in [0.3, 0.4) is 0 Å². The molecule has 0 aromatic heterocycles. The topological polar surface area (TPSA) is 41.6 Å². The van der Waals surface area contributed by atoms with Gasteiger partial charge in [0.05, 0.1) is 5.56 Å². The molecule has 0 bridgehead atoms. The summed E-state index contributed by atoms with van der Waals surface area (Å²) in [6.45, 7) is 3.56. The molecule has 3 aromatic rings. The fourth-order valence-electron chi connectivity index (χ4n) is 3.96. The van der Waals surface area contributed by atoms with Crippen LogP contribution in [-0.2, 0) is 6.18 Å². The largest absolute Gasteiger partial charge is 0.457 e. The van der Waals surface area contributed by atoms with Gasteiger partial charge in [0.2, 0.25) is 0 Å². The molecule has 0 radical (unpaired) electrons. The molecule has 4 rings (SSSR count). The molecular formula is C25H24F4N2O2. The Labute approximate surface area is 189 Å². The van der Waals surface area contributed by atoms with Gasteiger partial charge in [0.15, 0.2) is 0 Å². The molecule has 0 aliphatic carbocycles. The van der Waals surface area contributed by atoms with Crippen LogP contribution in [0, 0.1) is 5.92 Å². The molecule has 1 amide bonds. The van der Waals surface area contributed by atoms with Crippen molar-refractivity contribution < 1.29 is 27.1 Å². The van der Waals surface area contributed by atoms with Gasteiger partial charge in [0, 0.05) is 42.5 Å².